The Labute approximate surface area is 296 Å². The van der Waals surface area contributed by atoms with Crippen molar-refractivity contribution in [3.8, 4) is 22.6 Å². The highest BCUT2D eigenvalue weighted by molar-refractivity contribution is 6.08. The lowest BCUT2D eigenvalue weighted by Crippen LogP contribution is -1.95. The molecule has 0 atom stereocenters. The Balaban J connectivity index is 1.11. The number of hydrogen-bond acceptors (Lipinski definition) is 7. The van der Waals surface area contributed by atoms with Crippen molar-refractivity contribution in [2.75, 3.05) is 0 Å². The molecule has 0 fully saturated rings. The zero-order valence-electron chi connectivity index (χ0n) is 28.0. The lowest BCUT2D eigenvalue weighted by molar-refractivity contribution is 0.576. The zero-order valence-corrected chi connectivity index (χ0v) is 28.0. The number of aryl methyl sites for hydroxylation is 1. The third-order valence-electron chi connectivity index (χ3n) is 9.64. The van der Waals surface area contributed by atoms with Gasteiger partial charge in [0.15, 0.2) is 16.9 Å². The molecule has 246 valence electrons. The van der Waals surface area contributed by atoms with Crippen LogP contribution < -0.4 is 0 Å². The molecule has 0 bridgehead atoms. The van der Waals surface area contributed by atoms with Gasteiger partial charge in [-0.15, -0.1) is 0 Å². The second kappa shape index (κ2) is 11.7. The van der Waals surface area contributed by atoms with E-state index in [2.05, 4.69) is 97.5 Å². The summed E-state index contributed by atoms with van der Waals surface area (Å²) in [6.07, 6.45) is 10.8. The van der Waals surface area contributed by atoms with Crippen molar-refractivity contribution in [3.05, 3.63) is 151 Å². The van der Waals surface area contributed by atoms with E-state index in [4.69, 9.17) is 19.4 Å². The molecule has 0 spiro atoms. The van der Waals surface area contributed by atoms with Gasteiger partial charge in [0.05, 0.1) is 28.6 Å². The van der Waals surface area contributed by atoms with Crippen LogP contribution in [0.25, 0.3) is 89.5 Å². The van der Waals surface area contributed by atoms with Gasteiger partial charge in [0, 0.05) is 69.0 Å². The first kappa shape index (κ1) is 29.6. The predicted octanol–water partition coefficient (Wildman–Crippen LogP) is 9.78. The van der Waals surface area contributed by atoms with Crippen molar-refractivity contribution in [3.63, 3.8) is 0 Å². The fraction of sp³-hybridized carbons (Fsp3) is 0.0233. The van der Waals surface area contributed by atoms with Gasteiger partial charge < -0.3 is 4.42 Å². The smallest absolute Gasteiger partial charge is 0.164 e. The summed E-state index contributed by atoms with van der Waals surface area (Å²) in [5.41, 5.74) is 12.3. The first-order chi connectivity index (χ1) is 25.7. The Morgan fingerprint density at radius 2 is 1.25 bits per heavy atom. The molecular weight excluding hydrogens is 645 g/mol. The monoisotopic (exact) mass is 672 g/mol. The second-order valence-corrected chi connectivity index (χ2v) is 12.6. The van der Waals surface area contributed by atoms with E-state index >= 15 is 0 Å². The van der Waals surface area contributed by atoms with E-state index in [1.54, 1.807) is 31.0 Å². The minimum absolute atomic E-state index is 0.695. The van der Waals surface area contributed by atoms with Crippen LogP contribution in [0.15, 0.2) is 144 Å². The molecule has 0 saturated carbocycles. The maximum absolute atomic E-state index is 6.23. The van der Waals surface area contributed by atoms with Gasteiger partial charge in [0.25, 0.3) is 0 Å². The van der Waals surface area contributed by atoms with Crippen LogP contribution in [0.5, 0.6) is 0 Å². The molecule has 9 heteroatoms. The van der Waals surface area contributed by atoms with Gasteiger partial charge in [-0.1, -0.05) is 48.5 Å². The summed E-state index contributed by atoms with van der Waals surface area (Å²) >= 11 is 0. The Bertz CT molecular complexity index is 3050. The Kier molecular flexibility index (Phi) is 6.65. The summed E-state index contributed by atoms with van der Waals surface area (Å²) in [7, 11) is 0. The first-order valence-electron chi connectivity index (χ1n) is 16.9. The number of hydrogen-bond donors (Lipinski definition) is 0. The SMILES string of the molecule is C=N/C(=C\c1c(C)oc2cnc(-c3ccc4c5nccnc5n(-c5ccccc5)c4c3)cc12)c1ccc2c3nccnc3n(-c3ccccc3)c2c1. The average molecular weight is 673 g/mol. The standard InChI is InChI=1S/C43H28N8O/c1-26-33(23-35(44-2)27-13-15-31-37(21-27)50(29-9-5-3-6-10-29)42-40(31)45-17-19-47-42)34-24-36(49-25-39(34)52-26)28-14-16-32-38(22-28)51(30-11-7-4-8-12-30)43-41(32)46-18-20-48-43/h3-25H,2H2,1H3/b35-23-. The number of nitrogens with zero attached hydrogens (tertiary/aromatic N) is 8. The molecule has 10 rings (SSSR count). The number of aliphatic imine (C=N–C) groups is 1. The lowest BCUT2D eigenvalue weighted by Gasteiger charge is -2.08. The molecule has 0 N–H and O–H groups in total. The van der Waals surface area contributed by atoms with Crippen LogP contribution in [0.3, 0.4) is 0 Å². The van der Waals surface area contributed by atoms with Gasteiger partial charge in [-0.05, 0) is 74.3 Å². The molecule has 0 unspecified atom stereocenters. The van der Waals surface area contributed by atoms with E-state index in [9.17, 15) is 0 Å². The normalized spacial score (nSPS) is 12.1. The highest BCUT2D eigenvalue weighted by atomic mass is 16.3. The number of furan rings is 1. The molecule has 4 aromatic carbocycles. The topological polar surface area (TPSA) is 99.8 Å². The Hall–Kier alpha value is -7.26. The van der Waals surface area contributed by atoms with Crippen LogP contribution in [0.1, 0.15) is 16.9 Å². The van der Waals surface area contributed by atoms with E-state index in [0.717, 1.165) is 89.0 Å². The number of pyridine rings is 1. The summed E-state index contributed by atoms with van der Waals surface area (Å²) in [6.45, 7) is 5.93. The molecule has 0 radical (unpaired) electrons. The maximum atomic E-state index is 6.23. The molecule has 6 heterocycles. The second-order valence-electron chi connectivity index (χ2n) is 12.6. The van der Waals surface area contributed by atoms with Crippen LogP contribution in [0.2, 0.25) is 0 Å². The minimum Gasteiger partial charge on any atom is -0.459 e. The molecule has 0 aliphatic carbocycles. The zero-order chi connectivity index (χ0) is 34.8. The van der Waals surface area contributed by atoms with Gasteiger partial charge in [-0.25, -0.2) is 9.97 Å². The van der Waals surface area contributed by atoms with E-state index in [0.29, 0.717) is 11.3 Å². The van der Waals surface area contributed by atoms with Crippen molar-refractivity contribution in [2.24, 2.45) is 4.99 Å². The molecule has 10 aromatic rings. The molecule has 0 aliphatic rings. The highest BCUT2D eigenvalue weighted by Crippen LogP contribution is 2.37. The van der Waals surface area contributed by atoms with Crippen molar-refractivity contribution in [1.29, 1.82) is 0 Å². The number of benzene rings is 4. The summed E-state index contributed by atoms with van der Waals surface area (Å²) in [6, 6.07) is 35.1. The Morgan fingerprint density at radius 3 is 1.88 bits per heavy atom. The molecule has 0 saturated heterocycles. The summed E-state index contributed by atoms with van der Waals surface area (Å²) in [5, 5.41) is 2.97. The fourth-order valence-corrected chi connectivity index (χ4v) is 7.26. The molecule has 0 aliphatic heterocycles. The van der Waals surface area contributed by atoms with Crippen molar-refractivity contribution < 1.29 is 4.42 Å². The number of para-hydroxylation sites is 2. The molecule has 52 heavy (non-hydrogen) atoms. The van der Waals surface area contributed by atoms with E-state index < -0.39 is 0 Å². The largest absolute Gasteiger partial charge is 0.459 e. The maximum Gasteiger partial charge on any atom is 0.164 e. The molecule has 9 nitrogen and oxygen atoms in total. The molecular formula is C43H28N8O. The number of rotatable bonds is 6. The number of fused-ring (bicyclic) bond motifs is 7. The van der Waals surface area contributed by atoms with Crippen molar-refractivity contribution in [1.82, 2.24) is 34.1 Å². The van der Waals surface area contributed by atoms with E-state index in [1.165, 1.54) is 0 Å². The lowest BCUT2D eigenvalue weighted by atomic mass is 10.0. The minimum atomic E-state index is 0.695. The quantitative estimate of drug-likeness (QED) is 0.163. The summed E-state index contributed by atoms with van der Waals surface area (Å²) in [5.74, 6) is 0.764. The van der Waals surface area contributed by atoms with Crippen molar-refractivity contribution in [2.45, 2.75) is 6.92 Å². The van der Waals surface area contributed by atoms with Crippen LogP contribution in [-0.4, -0.2) is 40.8 Å². The van der Waals surface area contributed by atoms with Gasteiger partial charge in [-0.2, -0.15) is 0 Å². The van der Waals surface area contributed by atoms with Crippen LogP contribution in [-0.2, 0) is 0 Å². The van der Waals surface area contributed by atoms with Gasteiger partial charge >= 0.3 is 0 Å². The predicted molar refractivity (Wildman–Crippen MR) is 208 cm³/mol. The fourth-order valence-electron chi connectivity index (χ4n) is 7.26. The van der Waals surface area contributed by atoms with Gasteiger partial charge in [0.2, 0.25) is 0 Å². The van der Waals surface area contributed by atoms with E-state index in [1.807, 2.05) is 49.4 Å². The first-order valence-corrected chi connectivity index (χ1v) is 16.9. The van der Waals surface area contributed by atoms with Crippen LogP contribution in [0, 0.1) is 6.92 Å². The highest BCUT2D eigenvalue weighted by Gasteiger charge is 2.19. The Morgan fingerprint density at radius 1 is 0.654 bits per heavy atom. The van der Waals surface area contributed by atoms with Crippen LogP contribution in [0.4, 0.5) is 0 Å². The van der Waals surface area contributed by atoms with Gasteiger partial charge in [-0.3, -0.25) is 29.1 Å². The summed E-state index contributed by atoms with van der Waals surface area (Å²) < 4.78 is 10.5. The third-order valence-corrected chi connectivity index (χ3v) is 9.64. The molecule has 6 aromatic heterocycles. The summed E-state index contributed by atoms with van der Waals surface area (Å²) in [4.78, 5) is 28.1. The van der Waals surface area contributed by atoms with Gasteiger partial charge in [0.1, 0.15) is 16.8 Å². The van der Waals surface area contributed by atoms with Crippen LogP contribution >= 0.6 is 0 Å². The molecule has 0 amide bonds. The third kappa shape index (κ3) is 4.56. The number of aromatic nitrogens is 7. The average Bonchev–Trinajstić information content (AvgIpc) is 3.83. The van der Waals surface area contributed by atoms with Crippen molar-refractivity contribution >= 4 is 73.6 Å². The van der Waals surface area contributed by atoms with E-state index in [-0.39, 0.29) is 0 Å².